The summed E-state index contributed by atoms with van der Waals surface area (Å²) in [5.74, 6) is 0. The fraction of sp³-hybridized carbons (Fsp3) is 0.500. The lowest BCUT2D eigenvalue weighted by Gasteiger charge is -2.22. The fourth-order valence-electron chi connectivity index (χ4n) is 1.93. The van der Waals surface area contributed by atoms with Crippen molar-refractivity contribution < 1.29 is 14.9 Å². The van der Waals surface area contributed by atoms with E-state index < -0.39 is 35.8 Å². The SMILES string of the molecule is N#C[C@]1(n2ccc(=O)[nH]c2=O)C[C@H](O)C(CO)O1. The molecule has 2 rings (SSSR count). The van der Waals surface area contributed by atoms with Crippen LogP contribution < -0.4 is 11.2 Å². The maximum Gasteiger partial charge on any atom is 0.331 e. The third-order valence-corrected chi connectivity index (χ3v) is 2.83. The van der Waals surface area contributed by atoms with Gasteiger partial charge < -0.3 is 14.9 Å². The Morgan fingerprint density at radius 2 is 2.39 bits per heavy atom. The molecule has 1 aromatic heterocycles. The Balaban J connectivity index is 2.50. The Morgan fingerprint density at radius 3 is 2.89 bits per heavy atom. The lowest BCUT2D eigenvalue weighted by atomic mass is 10.1. The van der Waals surface area contributed by atoms with Gasteiger partial charge in [0.15, 0.2) is 0 Å². The molecule has 0 amide bonds. The van der Waals surface area contributed by atoms with Crippen LogP contribution in [-0.4, -0.2) is 38.6 Å². The fourth-order valence-corrected chi connectivity index (χ4v) is 1.93. The normalized spacial score (nSPS) is 31.2. The van der Waals surface area contributed by atoms with Crippen molar-refractivity contribution in [3.8, 4) is 6.07 Å². The molecule has 1 aromatic rings. The third-order valence-electron chi connectivity index (χ3n) is 2.83. The van der Waals surface area contributed by atoms with Crippen molar-refractivity contribution in [2.24, 2.45) is 0 Å². The summed E-state index contributed by atoms with van der Waals surface area (Å²) in [6, 6.07) is 2.87. The van der Waals surface area contributed by atoms with Gasteiger partial charge in [-0.05, 0) is 0 Å². The number of H-pyrrole nitrogens is 1. The molecule has 1 aliphatic rings. The lowest BCUT2D eigenvalue weighted by molar-refractivity contribution is -0.0847. The van der Waals surface area contributed by atoms with E-state index in [1.54, 1.807) is 6.07 Å². The van der Waals surface area contributed by atoms with E-state index >= 15 is 0 Å². The molecule has 0 aliphatic carbocycles. The van der Waals surface area contributed by atoms with E-state index in [1.165, 1.54) is 0 Å². The highest BCUT2D eigenvalue weighted by Crippen LogP contribution is 2.33. The van der Waals surface area contributed by atoms with E-state index in [2.05, 4.69) is 0 Å². The minimum Gasteiger partial charge on any atom is -0.394 e. The Labute approximate surface area is 101 Å². The number of aliphatic hydroxyl groups is 2. The molecular formula is C10H11N3O5. The predicted octanol–water partition coefficient (Wildman–Crippen LogP) is -2.14. The van der Waals surface area contributed by atoms with Crippen LogP contribution in [0.2, 0.25) is 0 Å². The second-order valence-corrected chi connectivity index (χ2v) is 3.99. The van der Waals surface area contributed by atoms with Gasteiger partial charge >= 0.3 is 5.69 Å². The molecule has 8 nitrogen and oxygen atoms in total. The van der Waals surface area contributed by atoms with Crippen molar-refractivity contribution in [3.05, 3.63) is 33.1 Å². The summed E-state index contributed by atoms with van der Waals surface area (Å²) in [4.78, 5) is 24.6. The first-order valence-corrected chi connectivity index (χ1v) is 5.23. The predicted molar refractivity (Wildman–Crippen MR) is 57.5 cm³/mol. The van der Waals surface area contributed by atoms with Crippen molar-refractivity contribution in [1.29, 1.82) is 5.26 Å². The van der Waals surface area contributed by atoms with Gasteiger partial charge in [0.05, 0.1) is 12.7 Å². The smallest absolute Gasteiger partial charge is 0.331 e. The maximum absolute atomic E-state index is 11.6. The molecule has 0 aromatic carbocycles. The van der Waals surface area contributed by atoms with E-state index in [0.29, 0.717) is 0 Å². The highest BCUT2D eigenvalue weighted by atomic mass is 16.6. The number of hydrogen-bond donors (Lipinski definition) is 3. The molecule has 1 unspecified atom stereocenters. The van der Waals surface area contributed by atoms with Gasteiger partial charge in [0.2, 0.25) is 5.72 Å². The highest BCUT2D eigenvalue weighted by molar-refractivity contribution is 5.07. The maximum atomic E-state index is 11.6. The summed E-state index contributed by atoms with van der Waals surface area (Å²) in [5, 5.41) is 27.8. The molecule has 3 atom stereocenters. The van der Waals surface area contributed by atoms with Crippen LogP contribution in [0, 0.1) is 11.3 Å². The molecule has 0 spiro atoms. The first-order valence-electron chi connectivity index (χ1n) is 5.23. The summed E-state index contributed by atoms with van der Waals surface area (Å²) in [6.45, 7) is -0.470. The standard InChI is InChI=1S/C10H11N3O5/c11-5-10(3-6(15)7(4-14)18-10)13-2-1-8(16)12-9(13)17/h1-2,6-7,14-15H,3-4H2,(H,12,16,17)/t6-,7?,10-/m0/s1. The quantitative estimate of drug-likeness (QED) is 0.551. The zero-order valence-corrected chi connectivity index (χ0v) is 9.24. The van der Waals surface area contributed by atoms with Gasteiger partial charge in [-0.15, -0.1) is 0 Å². The molecule has 1 fully saturated rings. The van der Waals surface area contributed by atoms with Crippen LogP contribution in [0.4, 0.5) is 0 Å². The Morgan fingerprint density at radius 1 is 1.67 bits per heavy atom. The van der Waals surface area contributed by atoms with Crippen molar-refractivity contribution in [2.75, 3.05) is 6.61 Å². The molecule has 8 heteroatoms. The van der Waals surface area contributed by atoms with Crippen LogP contribution in [0.25, 0.3) is 0 Å². The summed E-state index contributed by atoms with van der Waals surface area (Å²) in [5.41, 5.74) is -3.12. The Hall–Kier alpha value is -1.95. The average molecular weight is 253 g/mol. The first kappa shape index (κ1) is 12.5. The van der Waals surface area contributed by atoms with Crippen LogP contribution >= 0.6 is 0 Å². The number of nitrogens with one attached hydrogen (secondary N) is 1. The average Bonchev–Trinajstić information content (AvgIpc) is 2.67. The number of aromatic amines is 1. The first-order chi connectivity index (χ1) is 8.52. The summed E-state index contributed by atoms with van der Waals surface area (Å²) < 4.78 is 6.14. The molecule has 96 valence electrons. The molecule has 1 aliphatic heterocycles. The van der Waals surface area contributed by atoms with E-state index in [-0.39, 0.29) is 6.42 Å². The molecule has 18 heavy (non-hydrogen) atoms. The molecular weight excluding hydrogens is 242 g/mol. The highest BCUT2D eigenvalue weighted by Gasteiger charge is 2.48. The van der Waals surface area contributed by atoms with Gasteiger partial charge in [0.1, 0.15) is 12.2 Å². The van der Waals surface area contributed by atoms with Gasteiger partial charge in [0.25, 0.3) is 5.56 Å². The van der Waals surface area contributed by atoms with Crippen molar-refractivity contribution in [1.82, 2.24) is 9.55 Å². The number of hydrogen-bond acceptors (Lipinski definition) is 6. The Bertz CT molecular complexity index is 601. The molecule has 0 saturated carbocycles. The lowest BCUT2D eigenvalue weighted by Crippen LogP contribution is -2.43. The number of aromatic nitrogens is 2. The minimum atomic E-state index is -1.71. The largest absolute Gasteiger partial charge is 0.394 e. The molecule has 1 saturated heterocycles. The number of nitrogens with zero attached hydrogens (tertiary/aromatic N) is 2. The molecule has 2 heterocycles. The Kier molecular flexibility index (Phi) is 3.04. The molecule has 0 radical (unpaired) electrons. The number of ether oxygens (including phenoxy) is 1. The van der Waals surface area contributed by atoms with Crippen LogP contribution in [-0.2, 0) is 10.5 Å². The third kappa shape index (κ3) is 1.84. The van der Waals surface area contributed by atoms with Gasteiger partial charge in [0, 0.05) is 18.7 Å². The van der Waals surface area contributed by atoms with Crippen LogP contribution in [0.15, 0.2) is 21.9 Å². The number of aliphatic hydroxyl groups excluding tert-OH is 2. The molecule has 3 N–H and O–H groups in total. The van der Waals surface area contributed by atoms with Gasteiger partial charge in [-0.3, -0.25) is 14.3 Å². The van der Waals surface area contributed by atoms with Gasteiger partial charge in [-0.1, -0.05) is 0 Å². The van der Waals surface area contributed by atoms with E-state index in [0.717, 1.165) is 16.8 Å². The monoisotopic (exact) mass is 253 g/mol. The van der Waals surface area contributed by atoms with Crippen LogP contribution in [0.5, 0.6) is 0 Å². The van der Waals surface area contributed by atoms with E-state index in [9.17, 15) is 20.0 Å². The summed E-state index contributed by atoms with van der Waals surface area (Å²) in [6.07, 6.45) is -1.05. The van der Waals surface area contributed by atoms with Crippen molar-refractivity contribution in [2.45, 2.75) is 24.4 Å². The number of nitriles is 1. The van der Waals surface area contributed by atoms with Crippen LogP contribution in [0.1, 0.15) is 6.42 Å². The van der Waals surface area contributed by atoms with Crippen molar-refractivity contribution >= 4 is 0 Å². The minimum absolute atomic E-state index is 0.166. The van der Waals surface area contributed by atoms with Crippen LogP contribution in [0.3, 0.4) is 0 Å². The zero-order valence-electron chi connectivity index (χ0n) is 9.24. The van der Waals surface area contributed by atoms with E-state index in [4.69, 9.17) is 9.84 Å². The van der Waals surface area contributed by atoms with Gasteiger partial charge in [-0.2, -0.15) is 5.26 Å². The van der Waals surface area contributed by atoms with Crippen molar-refractivity contribution in [3.63, 3.8) is 0 Å². The molecule has 0 bridgehead atoms. The zero-order chi connectivity index (χ0) is 13.3. The van der Waals surface area contributed by atoms with E-state index in [1.807, 2.05) is 4.98 Å². The summed E-state index contributed by atoms with van der Waals surface area (Å²) >= 11 is 0. The van der Waals surface area contributed by atoms with Gasteiger partial charge in [-0.25, -0.2) is 4.79 Å². The topological polar surface area (TPSA) is 128 Å². The second-order valence-electron chi connectivity index (χ2n) is 3.99. The summed E-state index contributed by atoms with van der Waals surface area (Å²) in [7, 11) is 0. The number of rotatable bonds is 2. The second kappa shape index (κ2) is 4.38.